The molecule has 0 aliphatic heterocycles. The van der Waals surface area contributed by atoms with E-state index in [4.69, 9.17) is 30.5 Å². The van der Waals surface area contributed by atoms with E-state index in [0.29, 0.717) is 19.4 Å². The summed E-state index contributed by atoms with van der Waals surface area (Å²) < 4.78 is 21.4. The van der Waals surface area contributed by atoms with Crippen molar-refractivity contribution in [3.05, 3.63) is 71.8 Å². The van der Waals surface area contributed by atoms with E-state index < -0.39 is 17.9 Å². The standard InChI is InChI=1S/C49H74ClN5O11/c50-35-45(58)51-29-30-52-46(59)38-64-34-32-54-47(60)39-63-33-31-53-43(56)28-27-42(49(62)66-37-41-23-17-14-18-24-41)55-44(57)25-19-11-9-7-5-3-1-2-4-6-8-10-12-20-26-48(61)65-36-40-21-15-13-16-22-40/h13-18,21-24,42H,1-12,19-20,25-39H2,(H,51,58)(H,52,59)(H,53,56)(H,54,60)(H,55,57)/t42-/m0/s1. The summed E-state index contributed by atoms with van der Waals surface area (Å²) in [5, 5.41) is 13.2. The number of amides is 5. The highest BCUT2D eigenvalue weighted by Gasteiger charge is 2.23. The Bertz CT molecular complexity index is 1650. The molecule has 2 rings (SSSR count). The number of hydrogen-bond acceptors (Lipinski definition) is 11. The number of carbonyl (C=O) groups is 7. The Hall–Kier alpha value is -5.06. The molecule has 5 amide bonds. The molecule has 17 heteroatoms. The first-order valence-corrected chi connectivity index (χ1v) is 24.2. The monoisotopic (exact) mass is 944 g/mol. The number of benzene rings is 2. The fraction of sp³-hybridized carbons (Fsp3) is 0.612. The number of halogens is 1. The van der Waals surface area contributed by atoms with Crippen LogP contribution in [0.25, 0.3) is 0 Å². The zero-order valence-electron chi connectivity index (χ0n) is 38.7. The van der Waals surface area contributed by atoms with Crippen molar-refractivity contribution in [3.63, 3.8) is 0 Å². The maximum atomic E-state index is 13.1. The Morgan fingerprint density at radius 2 is 0.879 bits per heavy atom. The van der Waals surface area contributed by atoms with Crippen LogP contribution in [0.5, 0.6) is 0 Å². The van der Waals surface area contributed by atoms with Crippen LogP contribution in [-0.2, 0) is 65.7 Å². The highest BCUT2D eigenvalue weighted by molar-refractivity contribution is 6.27. The maximum Gasteiger partial charge on any atom is 0.328 e. The van der Waals surface area contributed by atoms with Crippen LogP contribution in [0.15, 0.2) is 60.7 Å². The molecule has 16 nitrogen and oxygen atoms in total. The van der Waals surface area contributed by atoms with Crippen LogP contribution < -0.4 is 26.6 Å². The molecule has 0 saturated heterocycles. The summed E-state index contributed by atoms with van der Waals surface area (Å²) in [4.78, 5) is 85.3. The van der Waals surface area contributed by atoms with E-state index in [0.717, 1.165) is 49.7 Å². The quantitative estimate of drug-likeness (QED) is 0.0310. The van der Waals surface area contributed by atoms with Crippen molar-refractivity contribution in [2.45, 2.75) is 135 Å². The SMILES string of the molecule is O=C(CCl)NCCNC(=O)COCCNC(=O)COCCNC(=O)CC[C@H](NC(=O)CCCCCCCCCCCCCCCCC(=O)OCc1ccccc1)C(=O)OCc1ccccc1. The minimum Gasteiger partial charge on any atom is -0.461 e. The molecular weight excluding hydrogens is 870 g/mol. The average Bonchev–Trinajstić information content (AvgIpc) is 3.32. The van der Waals surface area contributed by atoms with Gasteiger partial charge in [0.25, 0.3) is 0 Å². The van der Waals surface area contributed by atoms with Crippen LogP contribution in [0, 0.1) is 0 Å². The Balaban J connectivity index is 1.50. The lowest BCUT2D eigenvalue weighted by molar-refractivity contribution is -0.149. The minimum atomic E-state index is -0.984. The second-order valence-electron chi connectivity index (χ2n) is 16.0. The third-order valence-corrected chi connectivity index (χ3v) is 10.5. The highest BCUT2D eigenvalue weighted by Crippen LogP contribution is 2.15. The molecule has 0 bridgehead atoms. The molecule has 0 saturated carbocycles. The van der Waals surface area contributed by atoms with Crippen LogP contribution in [0.3, 0.4) is 0 Å². The molecule has 2 aromatic carbocycles. The summed E-state index contributed by atoms with van der Waals surface area (Å²) in [5.41, 5.74) is 1.81. The fourth-order valence-corrected chi connectivity index (χ4v) is 6.70. The van der Waals surface area contributed by atoms with Gasteiger partial charge in [-0.25, -0.2) is 4.79 Å². The summed E-state index contributed by atoms with van der Waals surface area (Å²) in [6, 6.07) is 18.0. The van der Waals surface area contributed by atoms with Gasteiger partial charge in [0.05, 0.1) is 13.2 Å². The lowest BCUT2D eigenvalue weighted by atomic mass is 10.0. The molecule has 1 atom stereocenters. The molecule has 0 spiro atoms. The van der Waals surface area contributed by atoms with Gasteiger partial charge in [-0.1, -0.05) is 138 Å². The van der Waals surface area contributed by atoms with Gasteiger partial charge in [-0.15, -0.1) is 11.6 Å². The van der Waals surface area contributed by atoms with Gasteiger partial charge in [-0.05, 0) is 30.4 Å². The normalized spacial score (nSPS) is 11.2. The Labute approximate surface area is 396 Å². The zero-order valence-corrected chi connectivity index (χ0v) is 39.5. The molecule has 0 unspecified atom stereocenters. The van der Waals surface area contributed by atoms with Gasteiger partial charge in [0, 0.05) is 45.4 Å². The molecule has 0 radical (unpaired) electrons. The molecule has 0 aliphatic carbocycles. The average molecular weight is 945 g/mol. The van der Waals surface area contributed by atoms with Crippen molar-refractivity contribution in [1.29, 1.82) is 0 Å². The third kappa shape index (κ3) is 32.6. The number of hydrogen-bond donors (Lipinski definition) is 5. The number of alkyl halides is 1. The predicted molar refractivity (Wildman–Crippen MR) is 252 cm³/mol. The Morgan fingerprint density at radius 3 is 1.38 bits per heavy atom. The van der Waals surface area contributed by atoms with E-state index in [2.05, 4.69) is 26.6 Å². The number of nitrogens with one attached hydrogen (secondary N) is 5. The summed E-state index contributed by atoms with van der Waals surface area (Å²) >= 11 is 5.38. The van der Waals surface area contributed by atoms with Crippen molar-refractivity contribution >= 4 is 53.1 Å². The predicted octanol–water partition coefficient (Wildman–Crippen LogP) is 5.72. The van der Waals surface area contributed by atoms with Crippen molar-refractivity contribution < 1.29 is 52.5 Å². The zero-order chi connectivity index (χ0) is 47.7. The summed E-state index contributed by atoms with van der Waals surface area (Å²) in [5.74, 6) is -2.58. The van der Waals surface area contributed by atoms with E-state index in [1.807, 2.05) is 60.7 Å². The lowest BCUT2D eigenvalue weighted by Crippen LogP contribution is -2.42. The van der Waals surface area contributed by atoms with E-state index in [-0.39, 0.29) is 114 Å². The molecule has 0 aliphatic rings. The van der Waals surface area contributed by atoms with Gasteiger partial charge in [-0.3, -0.25) is 28.8 Å². The van der Waals surface area contributed by atoms with Crippen LogP contribution >= 0.6 is 11.6 Å². The topological polar surface area (TPSA) is 217 Å². The van der Waals surface area contributed by atoms with Gasteiger partial charge < -0.3 is 45.5 Å². The number of rotatable bonds is 40. The van der Waals surface area contributed by atoms with E-state index in [1.165, 1.54) is 44.9 Å². The van der Waals surface area contributed by atoms with Crippen molar-refractivity contribution in [2.24, 2.45) is 0 Å². The molecule has 0 aromatic heterocycles. The fourth-order valence-electron chi connectivity index (χ4n) is 6.60. The molecule has 0 heterocycles. The smallest absolute Gasteiger partial charge is 0.328 e. The number of carbonyl (C=O) groups excluding carboxylic acids is 7. The first-order chi connectivity index (χ1) is 32.2. The van der Waals surface area contributed by atoms with Crippen molar-refractivity contribution in [3.8, 4) is 0 Å². The lowest BCUT2D eigenvalue weighted by Gasteiger charge is -2.18. The van der Waals surface area contributed by atoms with Crippen LogP contribution in [-0.4, -0.2) is 106 Å². The van der Waals surface area contributed by atoms with Gasteiger partial charge in [0.15, 0.2) is 0 Å². The Kier molecular flexibility index (Phi) is 33.8. The second-order valence-corrected chi connectivity index (χ2v) is 16.3. The van der Waals surface area contributed by atoms with Gasteiger partial charge in [0.2, 0.25) is 29.5 Å². The number of ether oxygens (including phenoxy) is 4. The third-order valence-electron chi connectivity index (χ3n) is 10.3. The Morgan fingerprint density at radius 1 is 0.455 bits per heavy atom. The van der Waals surface area contributed by atoms with Gasteiger partial charge in [-0.2, -0.15) is 0 Å². The largest absolute Gasteiger partial charge is 0.461 e. The molecule has 0 fully saturated rings. The first-order valence-electron chi connectivity index (χ1n) is 23.6. The van der Waals surface area contributed by atoms with E-state index in [1.54, 1.807) is 0 Å². The van der Waals surface area contributed by atoms with Crippen LogP contribution in [0.4, 0.5) is 0 Å². The van der Waals surface area contributed by atoms with E-state index in [9.17, 15) is 33.6 Å². The van der Waals surface area contributed by atoms with Crippen LogP contribution in [0.2, 0.25) is 0 Å². The first kappa shape index (κ1) is 57.1. The van der Waals surface area contributed by atoms with Crippen LogP contribution in [0.1, 0.15) is 127 Å². The molecule has 368 valence electrons. The van der Waals surface area contributed by atoms with Crippen molar-refractivity contribution in [1.82, 2.24) is 26.6 Å². The number of unbranched alkanes of at least 4 members (excludes halogenated alkanes) is 13. The second kappa shape index (κ2) is 39.1. The maximum absolute atomic E-state index is 13.1. The molecule has 2 aromatic rings. The highest BCUT2D eigenvalue weighted by atomic mass is 35.5. The van der Waals surface area contributed by atoms with Crippen molar-refractivity contribution in [2.75, 3.05) is 58.5 Å². The summed E-state index contributed by atoms with van der Waals surface area (Å²) in [6.45, 7) is 0.883. The van der Waals surface area contributed by atoms with E-state index >= 15 is 0 Å². The molecule has 5 N–H and O–H groups in total. The molecule has 66 heavy (non-hydrogen) atoms. The molecular formula is C49H74ClN5O11. The minimum absolute atomic E-state index is 0.0376. The summed E-state index contributed by atoms with van der Waals surface area (Å²) in [6.07, 6.45) is 16.2. The summed E-state index contributed by atoms with van der Waals surface area (Å²) in [7, 11) is 0. The number of esters is 2. The van der Waals surface area contributed by atoms with Gasteiger partial charge >= 0.3 is 11.9 Å². The van der Waals surface area contributed by atoms with Gasteiger partial charge in [0.1, 0.15) is 38.3 Å².